The zero-order valence-electron chi connectivity index (χ0n) is 21.1. The van der Waals surface area contributed by atoms with Gasteiger partial charge in [0, 0.05) is 24.5 Å². The van der Waals surface area contributed by atoms with Crippen LogP contribution in [0.3, 0.4) is 0 Å². The molecule has 8 nitrogen and oxygen atoms in total. The Labute approximate surface area is 206 Å². The number of aliphatic carboxylic acids is 1. The minimum Gasteiger partial charge on any atom is -0.481 e. The van der Waals surface area contributed by atoms with Gasteiger partial charge in [-0.1, -0.05) is 48.5 Å². The van der Waals surface area contributed by atoms with Crippen LogP contribution in [0.4, 0.5) is 4.79 Å². The highest BCUT2D eigenvalue weighted by Crippen LogP contribution is 2.44. The topological polar surface area (TPSA) is 99.2 Å². The summed E-state index contributed by atoms with van der Waals surface area (Å²) < 4.78 is 5.63. The SMILES string of the molecule is CN(C)C[C@H](NC(=O)OCC1c2ccccc2-c2ccccc21)C(=O)N(CCC(=O)O)C(C)(C)C. The van der Waals surface area contributed by atoms with Crippen LogP contribution in [0.2, 0.25) is 0 Å². The minimum absolute atomic E-state index is 0.0496. The number of carbonyl (C=O) groups excluding carboxylic acids is 2. The van der Waals surface area contributed by atoms with Crippen molar-refractivity contribution >= 4 is 18.0 Å². The Balaban J connectivity index is 1.72. The van der Waals surface area contributed by atoms with Crippen LogP contribution in [-0.2, 0) is 14.3 Å². The second kappa shape index (κ2) is 10.9. The summed E-state index contributed by atoms with van der Waals surface area (Å²) in [6.07, 6.45) is -0.859. The van der Waals surface area contributed by atoms with E-state index in [1.165, 1.54) is 4.90 Å². The average molecular weight is 482 g/mol. The molecule has 8 heteroatoms. The molecule has 3 rings (SSSR count). The van der Waals surface area contributed by atoms with Crippen molar-refractivity contribution in [1.82, 2.24) is 15.1 Å². The van der Waals surface area contributed by atoms with Crippen molar-refractivity contribution in [2.75, 3.05) is 33.8 Å². The highest BCUT2D eigenvalue weighted by molar-refractivity contribution is 5.87. The van der Waals surface area contributed by atoms with Gasteiger partial charge < -0.3 is 25.0 Å². The Morgan fingerprint density at radius 3 is 2.03 bits per heavy atom. The molecule has 35 heavy (non-hydrogen) atoms. The Morgan fingerprint density at radius 1 is 1.00 bits per heavy atom. The first kappa shape index (κ1) is 26.2. The van der Waals surface area contributed by atoms with Gasteiger partial charge >= 0.3 is 12.1 Å². The molecule has 0 spiro atoms. The van der Waals surface area contributed by atoms with E-state index >= 15 is 0 Å². The molecule has 0 aromatic heterocycles. The number of rotatable bonds is 9. The smallest absolute Gasteiger partial charge is 0.407 e. The molecule has 2 amide bonds. The number of nitrogens with one attached hydrogen (secondary N) is 1. The third kappa shape index (κ3) is 6.39. The summed E-state index contributed by atoms with van der Waals surface area (Å²) in [4.78, 5) is 40.7. The van der Waals surface area contributed by atoms with E-state index in [2.05, 4.69) is 17.4 Å². The maximum Gasteiger partial charge on any atom is 0.407 e. The zero-order valence-corrected chi connectivity index (χ0v) is 21.1. The molecular formula is C27H35N3O5. The summed E-state index contributed by atoms with van der Waals surface area (Å²) >= 11 is 0. The maximum atomic E-state index is 13.4. The lowest BCUT2D eigenvalue weighted by molar-refractivity contribution is -0.142. The number of hydrogen-bond donors (Lipinski definition) is 2. The molecule has 0 radical (unpaired) electrons. The maximum absolute atomic E-state index is 13.4. The molecular weight excluding hydrogens is 446 g/mol. The molecule has 0 unspecified atom stereocenters. The molecule has 2 aromatic rings. The Bertz CT molecular complexity index is 1030. The molecule has 0 fully saturated rings. The lowest BCUT2D eigenvalue weighted by Crippen LogP contribution is -2.57. The lowest BCUT2D eigenvalue weighted by Gasteiger charge is -2.38. The van der Waals surface area contributed by atoms with Gasteiger partial charge in [-0.25, -0.2) is 4.79 Å². The number of likely N-dealkylation sites (N-methyl/N-ethyl adjacent to an activating group) is 1. The number of alkyl carbamates (subject to hydrolysis) is 1. The number of carbonyl (C=O) groups is 3. The molecule has 1 atom stereocenters. The number of amides is 2. The van der Waals surface area contributed by atoms with Gasteiger partial charge in [-0.15, -0.1) is 0 Å². The summed E-state index contributed by atoms with van der Waals surface area (Å²) in [5, 5.41) is 11.8. The first-order valence-electron chi connectivity index (χ1n) is 11.8. The fourth-order valence-corrected chi connectivity index (χ4v) is 4.50. The van der Waals surface area contributed by atoms with Crippen molar-refractivity contribution in [1.29, 1.82) is 0 Å². The highest BCUT2D eigenvalue weighted by Gasteiger charge is 2.34. The standard InChI is InChI=1S/C27H35N3O5/c1-27(2,3)30(15-14-24(31)32)25(33)23(16-29(4)5)28-26(34)35-17-22-20-12-8-6-10-18(20)19-11-7-9-13-21(19)22/h6-13,22-23H,14-17H2,1-5H3,(H,28,34)(H,31,32)/t23-/m0/s1. The number of ether oxygens (including phenoxy) is 1. The number of benzene rings is 2. The van der Waals surface area contributed by atoms with Gasteiger partial charge in [0.15, 0.2) is 0 Å². The predicted molar refractivity (Wildman–Crippen MR) is 134 cm³/mol. The van der Waals surface area contributed by atoms with E-state index < -0.39 is 23.6 Å². The normalized spacial score (nSPS) is 13.7. The van der Waals surface area contributed by atoms with E-state index in [-0.39, 0.29) is 37.9 Å². The van der Waals surface area contributed by atoms with E-state index in [9.17, 15) is 14.4 Å². The van der Waals surface area contributed by atoms with Crippen molar-refractivity contribution in [2.24, 2.45) is 0 Å². The molecule has 2 aromatic carbocycles. The van der Waals surface area contributed by atoms with Crippen LogP contribution >= 0.6 is 0 Å². The molecule has 188 valence electrons. The van der Waals surface area contributed by atoms with Gasteiger partial charge in [0.1, 0.15) is 12.6 Å². The minimum atomic E-state index is -0.985. The van der Waals surface area contributed by atoms with Crippen LogP contribution in [-0.4, -0.2) is 78.2 Å². The van der Waals surface area contributed by atoms with Gasteiger partial charge in [-0.3, -0.25) is 9.59 Å². The number of carboxylic acids is 1. The monoisotopic (exact) mass is 481 g/mol. The van der Waals surface area contributed by atoms with E-state index in [4.69, 9.17) is 9.84 Å². The summed E-state index contributed by atoms with van der Waals surface area (Å²) in [6.45, 7) is 5.97. The number of fused-ring (bicyclic) bond motifs is 3. The fourth-order valence-electron chi connectivity index (χ4n) is 4.50. The summed E-state index contributed by atoms with van der Waals surface area (Å²) in [7, 11) is 3.61. The molecule has 2 N–H and O–H groups in total. The molecule has 0 heterocycles. The highest BCUT2D eigenvalue weighted by atomic mass is 16.5. The van der Waals surface area contributed by atoms with E-state index in [0.717, 1.165) is 22.3 Å². The molecule has 0 saturated heterocycles. The van der Waals surface area contributed by atoms with Crippen LogP contribution in [0.25, 0.3) is 11.1 Å². The Hall–Kier alpha value is -3.39. The van der Waals surface area contributed by atoms with Crippen molar-refractivity contribution < 1.29 is 24.2 Å². The van der Waals surface area contributed by atoms with Gasteiger partial charge in [0.05, 0.1) is 6.42 Å². The summed E-state index contributed by atoms with van der Waals surface area (Å²) in [6, 6.07) is 15.3. The summed E-state index contributed by atoms with van der Waals surface area (Å²) in [5.74, 6) is -1.42. The van der Waals surface area contributed by atoms with Gasteiger partial charge in [0.25, 0.3) is 0 Å². The van der Waals surface area contributed by atoms with Crippen molar-refractivity contribution in [3.8, 4) is 11.1 Å². The molecule has 1 aliphatic rings. The van der Waals surface area contributed by atoms with E-state index in [1.54, 1.807) is 19.0 Å². The first-order valence-corrected chi connectivity index (χ1v) is 11.8. The van der Waals surface area contributed by atoms with Crippen molar-refractivity contribution in [3.63, 3.8) is 0 Å². The third-order valence-electron chi connectivity index (χ3n) is 6.11. The third-order valence-corrected chi connectivity index (χ3v) is 6.11. The molecule has 0 bridgehead atoms. The van der Waals surface area contributed by atoms with Crippen LogP contribution in [0, 0.1) is 0 Å². The average Bonchev–Trinajstić information content (AvgIpc) is 3.09. The first-order chi connectivity index (χ1) is 16.5. The van der Waals surface area contributed by atoms with Crippen molar-refractivity contribution in [2.45, 2.75) is 44.7 Å². The van der Waals surface area contributed by atoms with E-state index in [0.29, 0.717) is 0 Å². The molecule has 0 saturated carbocycles. The second-order valence-electron chi connectivity index (χ2n) is 10.1. The number of nitrogens with zero attached hydrogens (tertiary/aromatic N) is 2. The quantitative estimate of drug-likeness (QED) is 0.568. The van der Waals surface area contributed by atoms with Crippen LogP contribution in [0.15, 0.2) is 48.5 Å². The lowest BCUT2D eigenvalue weighted by atomic mass is 9.98. The van der Waals surface area contributed by atoms with Gasteiger partial charge in [-0.05, 0) is 57.1 Å². The van der Waals surface area contributed by atoms with Crippen molar-refractivity contribution in [3.05, 3.63) is 59.7 Å². The number of hydrogen-bond acceptors (Lipinski definition) is 5. The molecule has 0 aliphatic heterocycles. The Kier molecular flexibility index (Phi) is 8.17. The number of carboxylic acid groups (broad SMARTS) is 1. The van der Waals surface area contributed by atoms with Crippen LogP contribution in [0.1, 0.15) is 44.2 Å². The van der Waals surface area contributed by atoms with Gasteiger partial charge in [0.2, 0.25) is 5.91 Å². The predicted octanol–water partition coefficient (Wildman–Crippen LogP) is 3.56. The molecule has 1 aliphatic carbocycles. The van der Waals surface area contributed by atoms with Gasteiger partial charge in [-0.2, -0.15) is 0 Å². The second-order valence-corrected chi connectivity index (χ2v) is 10.1. The zero-order chi connectivity index (χ0) is 25.8. The summed E-state index contributed by atoms with van der Waals surface area (Å²) in [5.41, 5.74) is 3.87. The largest absolute Gasteiger partial charge is 0.481 e. The Morgan fingerprint density at radius 2 is 1.54 bits per heavy atom. The van der Waals surface area contributed by atoms with Crippen LogP contribution in [0.5, 0.6) is 0 Å². The van der Waals surface area contributed by atoms with Crippen LogP contribution < -0.4 is 5.32 Å². The fraction of sp³-hybridized carbons (Fsp3) is 0.444. The van der Waals surface area contributed by atoms with E-state index in [1.807, 2.05) is 57.2 Å².